The third-order valence-electron chi connectivity index (χ3n) is 9.89. The van der Waals surface area contributed by atoms with Gasteiger partial charge < -0.3 is 20.1 Å². The molecule has 2 rings (SSSR count). The van der Waals surface area contributed by atoms with Crippen molar-refractivity contribution in [2.24, 2.45) is 11.8 Å². The zero-order chi connectivity index (χ0) is 41.7. The van der Waals surface area contributed by atoms with Gasteiger partial charge in [-0.05, 0) is 69.6 Å². The Balaban J connectivity index is 2.24. The molecule has 2 aromatic carbocycles. The van der Waals surface area contributed by atoms with Crippen LogP contribution in [0.4, 0.5) is 0 Å². The molecule has 2 N–H and O–H groups in total. The van der Waals surface area contributed by atoms with Crippen LogP contribution in [0.2, 0.25) is 0 Å². The quantitative estimate of drug-likeness (QED) is 0.0548. The predicted octanol–water partition coefficient (Wildman–Crippen LogP) is 8.91. The zero-order valence-electron chi connectivity index (χ0n) is 35.3. The van der Waals surface area contributed by atoms with Gasteiger partial charge in [0.1, 0.15) is 11.6 Å². The maximum atomic E-state index is 14.0. The second-order valence-corrected chi connectivity index (χ2v) is 16.0. The highest BCUT2D eigenvalue weighted by atomic mass is 16.6. The summed E-state index contributed by atoms with van der Waals surface area (Å²) in [5, 5.41) is 5.59. The molecule has 0 fully saturated rings. The minimum absolute atomic E-state index is 0.0354. The molecule has 310 valence electrons. The maximum Gasteiger partial charge on any atom is 0.328 e. The van der Waals surface area contributed by atoms with Crippen LogP contribution in [0.5, 0.6) is 0 Å². The van der Waals surface area contributed by atoms with Crippen LogP contribution in [0, 0.1) is 11.8 Å². The number of amides is 2. The van der Waals surface area contributed by atoms with Crippen molar-refractivity contribution < 1.29 is 38.2 Å². The van der Waals surface area contributed by atoms with Crippen molar-refractivity contribution in [3.8, 4) is 11.1 Å². The number of carbonyl (C=O) groups is 6. The first-order valence-corrected chi connectivity index (χ1v) is 20.8. The van der Waals surface area contributed by atoms with Crippen molar-refractivity contribution in [2.45, 2.75) is 162 Å². The number of ketones is 2. The van der Waals surface area contributed by atoms with Gasteiger partial charge in [0.05, 0.1) is 13.2 Å². The number of nitrogens with one attached hydrogen (secondary N) is 2. The number of hydrogen-bond donors (Lipinski definition) is 2. The number of carbonyl (C=O) groups excluding carboxylic acids is 6. The van der Waals surface area contributed by atoms with Crippen molar-refractivity contribution in [1.29, 1.82) is 0 Å². The van der Waals surface area contributed by atoms with Gasteiger partial charge in [-0.1, -0.05) is 121 Å². The fourth-order valence-electron chi connectivity index (χ4n) is 6.50. The lowest BCUT2D eigenvalue weighted by molar-refractivity contribution is -0.155. The van der Waals surface area contributed by atoms with E-state index in [9.17, 15) is 28.8 Å². The molecule has 4 atom stereocenters. The highest BCUT2D eigenvalue weighted by molar-refractivity contribution is 6.00. The van der Waals surface area contributed by atoms with E-state index < -0.39 is 59.1 Å². The fraction of sp³-hybridized carbons (Fsp3) is 0.609. The summed E-state index contributed by atoms with van der Waals surface area (Å²) in [7, 11) is 1.26. The molecule has 2 amide bonds. The van der Waals surface area contributed by atoms with Gasteiger partial charge in [-0.15, -0.1) is 0 Å². The highest BCUT2D eigenvalue weighted by Crippen LogP contribution is 2.24. The molecule has 0 heterocycles. The molecule has 0 saturated heterocycles. The second kappa shape index (κ2) is 25.0. The Morgan fingerprint density at radius 2 is 1.21 bits per heavy atom. The molecular weight excluding hydrogens is 709 g/mol. The molecule has 0 bridgehead atoms. The van der Waals surface area contributed by atoms with E-state index >= 15 is 0 Å². The number of aryl methyl sites for hydroxylation is 1. The van der Waals surface area contributed by atoms with Crippen molar-refractivity contribution in [3.05, 3.63) is 59.7 Å². The van der Waals surface area contributed by atoms with Crippen LogP contribution in [-0.4, -0.2) is 60.1 Å². The van der Waals surface area contributed by atoms with Crippen molar-refractivity contribution >= 4 is 35.3 Å². The van der Waals surface area contributed by atoms with Crippen LogP contribution in [-0.2, 0) is 39.9 Å². The first kappa shape index (κ1) is 47.8. The van der Waals surface area contributed by atoms with Crippen molar-refractivity contribution in [3.63, 3.8) is 0 Å². The lowest BCUT2D eigenvalue weighted by atomic mass is 9.90. The average Bonchev–Trinajstić information content (AvgIpc) is 3.16. The zero-order valence-corrected chi connectivity index (χ0v) is 35.3. The molecule has 10 heteroatoms. The number of rotatable bonds is 26. The molecule has 56 heavy (non-hydrogen) atoms. The van der Waals surface area contributed by atoms with Gasteiger partial charge in [0.15, 0.2) is 11.6 Å². The van der Waals surface area contributed by atoms with Crippen LogP contribution >= 0.6 is 0 Å². The van der Waals surface area contributed by atoms with Gasteiger partial charge in [0.2, 0.25) is 11.8 Å². The average molecular weight is 777 g/mol. The summed E-state index contributed by atoms with van der Waals surface area (Å²) in [6.45, 7) is 13.1. The minimum Gasteiger partial charge on any atom is -0.467 e. The Labute approximate surface area is 335 Å². The summed E-state index contributed by atoms with van der Waals surface area (Å²) in [6.07, 6.45) is 8.84. The molecule has 10 nitrogen and oxygen atoms in total. The van der Waals surface area contributed by atoms with Crippen LogP contribution < -0.4 is 10.6 Å². The normalized spacial score (nSPS) is 13.5. The summed E-state index contributed by atoms with van der Waals surface area (Å²) in [5.74, 6) is -4.15. The molecule has 0 radical (unpaired) electrons. The number of methoxy groups -OCH3 is 1. The number of Topliss-reactive ketones (excluding diaryl/α,β-unsaturated/α-hetero) is 2. The Bertz CT molecular complexity index is 1540. The summed E-state index contributed by atoms with van der Waals surface area (Å²) in [6, 6.07) is 14.0. The molecular formula is C46H68N2O8. The van der Waals surface area contributed by atoms with E-state index in [0.717, 1.165) is 68.9 Å². The summed E-state index contributed by atoms with van der Waals surface area (Å²) in [4.78, 5) is 79.7. The molecule has 0 unspecified atom stereocenters. The van der Waals surface area contributed by atoms with Gasteiger partial charge >= 0.3 is 11.9 Å². The number of benzene rings is 2. The van der Waals surface area contributed by atoms with Gasteiger partial charge in [-0.25, -0.2) is 4.79 Å². The summed E-state index contributed by atoms with van der Waals surface area (Å²) >= 11 is 0. The van der Waals surface area contributed by atoms with E-state index in [1.165, 1.54) is 12.7 Å². The van der Waals surface area contributed by atoms with Crippen molar-refractivity contribution in [1.82, 2.24) is 10.6 Å². The third-order valence-corrected chi connectivity index (χ3v) is 9.89. The monoisotopic (exact) mass is 776 g/mol. The summed E-state index contributed by atoms with van der Waals surface area (Å²) in [5.41, 5.74) is 3.11. The van der Waals surface area contributed by atoms with Crippen LogP contribution in [0.3, 0.4) is 0 Å². The Kier molecular flexibility index (Phi) is 21.4. The fourth-order valence-corrected chi connectivity index (χ4v) is 6.50. The van der Waals surface area contributed by atoms with Gasteiger partial charge in [0, 0.05) is 36.7 Å². The molecule has 0 aliphatic carbocycles. The number of ether oxygens (including phenoxy) is 2. The van der Waals surface area contributed by atoms with E-state index in [0.29, 0.717) is 18.4 Å². The van der Waals surface area contributed by atoms with Crippen molar-refractivity contribution in [2.75, 3.05) is 7.11 Å². The first-order valence-electron chi connectivity index (χ1n) is 20.8. The molecule has 0 spiro atoms. The standard InChI is InChI=1S/C46H68N2O8/c1-9-12-15-18-37(31-40(49)36-26-24-35(25-27-36)34-22-20-33(21-23-34)17-14-11-3)44(53)47-38(28-29-42(51)56-46(5,6)7)41(50)30-32(4)43(52)48-39(45(54)55-8)19-16-13-10-2/h20-27,32,37-39H,9-19,28-31H2,1-8H3,(H,47,53)(H,48,52)/t32-,37-,38+,39+/m1/s1. The number of unbranched alkanes of at least 4 members (excludes halogenated alkanes) is 5. The van der Waals surface area contributed by atoms with Gasteiger partial charge in [0.25, 0.3) is 0 Å². The van der Waals surface area contributed by atoms with Crippen LogP contribution in [0.1, 0.15) is 154 Å². The Morgan fingerprint density at radius 1 is 0.661 bits per heavy atom. The number of hydrogen-bond acceptors (Lipinski definition) is 8. The highest BCUT2D eigenvalue weighted by Gasteiger charge is 2.31. The van der Waals surface area contributed by atoms with Crippen LogP contribution in [0.15, 0.2) is 48.5 Å². The lowest BCUT2D eigenvalue weighted by Gasteiger charge is -2.24. The maximum absolute atomic E-state index is 14.0. The van der Waals surface area contributed by atoms with E-state index in [1.807, 2.05) is 19.1 Å². The van der Waals surface area contributed by atoms with E-state index in [-0.39, 0.29) is 31.5 Å². The molecule has 0 saturated carbocycles. The molecule has 0 aromatic heterocycles. The van der Waals surface area contributed by atoms with E-state index in [1.54, 1.807) is 39.8 Å². The van der Waals surface area contributed by atoms with Crippen LogP contribution in [0.25, 0.3) is 11.1 Å². The minimum atomic E-state index is -1.09. The third kappa shape index (κ3) is 17.6. The molecule has 0 aliphatic rings. The van der Waals surface area contributed by atoms with Gasteiger partial charge in [-0.2, -0.15) is 0 Å². The van der Waals surface area contributed by atoms with E-state index in [2.05, 4.69) is 48.7 Å². The SMILES string of the molecule is CCCCC[C@H](CC(=O)c1ccc(-c2ccc(CCCC)cc2)cc1)C(=O)N[C@@H](CCC(=O)OC(C)(C)C)C(=O)C[C@@H](C)C(=O)N[C@@H](CCCCC)C(=O)OC. The predicted molar refractivity (Wildman–Crippen MR) is 221 cm³/mol. The molecule has 2 aromatic rings. The summed E-state index contributed by atoms with van der Waals surface area (Å²) < 4.78 is 10.4. The lowest BCUT2D eigenvalue weighted by Crippen LogP contribution is -2.47. The Morgan fingerprint density at radius 3 is 1.77 bits per heavy atom. The van der Waals surface area contributed by atoms with E-state index in [4.69, 9.17) is 9.47 Å². The number of esters is 2. The van der Waals surface area contributed by atoms with Gasteiger partial charge in [-0.3, -0.25) is 24.0 Å². The Hall–Kier alpha value is -4.34. The topological polar surface area (TPSA) is 145 Å². The first-order chi connectivity index (χ1) is 26.6. The second-order valence-electron chi connectivity index (χ2n) is 16.0. The smallest absolute Gasteiger partial charge is 0.328 e. The largest absolute Gasteiger partial charge is 0.467 e. The molecule has 0 aliphatic heterocycles.